The number of aromatic nitrogens is 1. The Bertz CT molecular complexity index is 1040. The zero-order chi connectivity index (χ0) is 18.4. The molecule has 0 bridgehead atoms. The van der Waals surface area contributed by atoms with Crippen molar-refractivity contribution in [1.82, 2.24) is 10.3 Å². The number of nitrogens with two attached hydrogens (primary N) is 1. The Morgan fingerprint density at radius 2 is 2.07 bits per heavy atom. The molecular formula is C22H21N3O2. The fourth-order valence-electron chi connectivity index (χ4n) is 3.66. The number of hydrogen-bond donors (Lipinski definition) is 2. The average Bonchev–Trinajstić information content (AvgIpc) is 3.41. The topological polar surface area (TPSA) is 77.2 Å². The minimum absolute atomic E-state index is 0.0234. The molecule has 1 aliphatic carbocycles. The highest BCUT2D eigenvalue weighted by molar-refractivity contribution is 5.96. The van der Waals surface area contributed by atoms with E-state index in [0.717, 1.165) is 41.7 Å². The average molecular weight is 359 g/mol. The quantitative estimate of drug-likeness (QED) is 0.751. The second-order valence-electron chi connectivity index (χ2n) is 7.34. The van der Waals surface area contributed by atoms with Crippen LogP contribution in [0.1, 0.15) is 28.8 Å². The van der Waals surface area contributed by atoms with Crippen molar-refractivity contribution in [2.45, 2.75) is 31.4 Å². The molecule has 5 rings (SSSR count). The van der Waals surface area contributed by atoms with Crippen LogP contribution in [0.5, 0.6) is 5.75 Å². The van der Waals surface area contributed by atoms with Crippen LogP contribution in [0.2, 0.25) is 0 Å². The van der Waals surface area contributed by atoms with Crippen LogP contribution >= 0.6 is 0 Å². The molecule has 2 heterocycles. The summed E-state index contributed by atoms with van der Waals surface area (Å²) >= 11 is 0. The van der Waals surface area contributed by atoms with E-state index in [9.17, 15) is 4.79 Å². The van der Waals surface area contributed by atoms with Gasteiger partial charge in [0.1, 0.15) is 11.9 Å². The molecule has 1 aromatic heterocycles. The number of nitrogens with one attached hydrogen (secondary N) is 1. The maximum Gasteiger partial charge on any atom is 0.251 e. The SMILES string of the molecule is NC[C@H]1Cc2c(ccc3cc(-c4cc(C(=O)NC5CC5)ccn4)ccc23)O1. The van der Waals surface area contributed by atoms with Gasteiger partial charge in [0.25, 0.3) is 5.91 Å². The lowest BCUT2D eigenvalue weighted by molar-refractivity contribution is 0.0951. The summed E-state index contributed by atoms with van der Waals surface area (Å²) in [5.74, 6) is 0.910. The van der Waals surface area contributed by atoms with Gasteiger partial charge in [-0.1, -0.05) is 18.2 Å². The van der Waals surface area contributed by atoms with E-state index in [1.54, 1.807) is 12.3 Å². The molecule has 136 valence electrons. The van der Waals surface area contributed by atoms with Gasteiger partial charge < -0.3 is 15.8 Å². The summed E-state index contributed by atoms with van der Waals surface area (Å²) in [4.78, 5) is 16.8. The van der Waals surface area contributed by atoms with E-state index < -0.39 is 0 Å². The largest absolute Gasteiger partial charge is 0.488 e. The van der Waals surface area contributed by atoms with E-state index in [-0.39, 0.29) is 12.0 Å². The van der Waals surface area contributed by atoms with E-state index in [1.807, 2.05) is 12.1 Å². The zero-order valence-corrected chi connectivity index (χ0v) is 14.9. The predicted octanol–water partition coefficient (Wildman–Crippen LogP) is 3.06. The lowest BCUT2D eigenvalue weighted by Gasteiger charge is -2.08. The summed E-state index contributed by atoms with van der Waals surface area (Å²) in [7, 11) is 0. The number of hydrogen-bond acceptors (Lipinski definition) is 4. The monoisotopic (exact) mass is 359 g/mol. The van der Waals surface area contributed by atoms with Crippen molar-refractivity contribution in [1.29, 1.82) is 0 Å². The van der Waals surface area contributed by atoms with Crippen LogP contribution in [0, 0.1) is 0 Å². The van der Waals surface area contributed by atoms with Crippen molar-refractivity contribution in [3.05, 3.63) is 59.8 Å². The first-order valence-electron chi connectivity index (χ1n) is 9.41. The normalized spacial score (nSPS) is 18.2. The first-order chi connectivity index (χ1) is 13.2. The molecule has 0 radical (unpaired) electrons. The Morgan fingerprint density at radius 1 is 1.19 bits per heavy atom. The van der Waals surface area contributed by atoms with Crippen LogP contribution < -0.4 is 15.8 Å². The molecule has 1 atom stereocenters. The van der Waals surface area contributed by atoms with Crippen LogP contribution in [-0.2, 0) is 6.42 Å². The van der Waals surface area contributed by atoms with Crippen molar-refractivity contribution in [2.75, 3.05) is 6.54 Å². The molecule has 0 unspecified atom stereocenters. The lowest BCUT2D eigenvalue weighted by atomic mass is 9.98. The second kappa shape index (κ2) is 6.35. The molecule has 3 N–H and O–H groups in total. The highest BCUT2D eigenvalue weighted by Crippen LogP contribution is 2.36. The molecule has 3 aromatic rings. The van der Waals surface area contributed by atoms with Crippen LogP contribution in [0.15, 0.2) is 48.7 Å². The van der Waals surface area contributed by atoms with Crippen LogP contribution in [0.3, 0.4) is 0 Å². The molecule has 5 nitrogen and oxygen atoms in total. The van der Waals surface area contributed by atoms with Gasteiger partial charge in [0.15, 0.2) is 0 Å². The van der Waals surface area contributed by atoms with E-state index >= 15 is 0 Å². The minimum atomic E-state index is -0.0234. The van der Waals surface area contributed by atoms with E-state index in [2.05, 4.69) is 34.6 Å². The van der Waals surface area contributed by atoms with Crippen molar-refractivity contribution >= 4 is 16.7 Å². The first-order valence-corrected chi connectivity index (χ1v) is 9.41. The number of benzene rings is 2. The summed E-state index contributed by atoms with van der Waals surface area (Å²) in [6.45, 7) is 0.522. The molecule has 0 saturated heterocycles. The minimum Gasteiger partial charge on any atom is -0.488 e. The molecule has 2 aromatic carbocycles. The number of amides is 1. The molecule has 2 aliphatic rings. The van der Waals surface area contributed by atoms with Gasteiger partial charge in [-0.3, -0.25) is 9.78 Å². The first kappa shape index (κ1) is 16.3. The molecular weight excluding hydrogens is 338 g/mol. The van der Waals surface area contributed by atoms with Crippen LogP contribution in [-0.4, -0.2) is 29.6 Å². The number of pyridine rings is 1. The molecule has 5 heteroatoms. The summed E-state index contributed by atoms with van der Waals surface area (Å²) in [6.07, 6.45) is 4.76. The van der Waals surface area contributed by atoms with Gasteiger partial charge in [0.05, 0.1) is 5.69 Å². The fraction of sp³-hybridized carbons (Fsp3) is 0.273. The van der Waals surface area contributed by atoms with Crippen LogP contribution in [0.25, 0.3) is 22.0 Å². The van der Waals surface area contributed by atoms with Crippen molar-refractivity contribution in [3.8, 4) is 17.0 Å². The van der Waals surface area contributed by atoms with Gasteiger partial charge in [-0.05, 0) is 47.9 Å². The van der Waals surface area contributed by atoms with E-state index in [4.69, 9.17) is 10.5 Å². The number of fused-ring (bicyclic) bond motifs is 3. The van der Waals surface area contributed by atoms with E-state index in [0.29, 0.717) is 18.2 Å². The Labute approximate surface area is 157 Å². The molecule has 1 aliphatic heterocycles. The Hall–Kier alpha value is -2.92. The van der Waals surface area contributed by atoms with Gasteiger partial charge in [-0.25, -0.2) is 0 Å². The zero-order valence-electron chi connectivity index (χ0n) is 14.9. The van der Waals surface area contributed by atoms with Gasteiger partial charge in [-0.2, -0.15) is 0 Å². The maximum absolute atomic E-state index is 12.3. The fourth-order valence-corrected chi connectivity index (χ4v) is 3.66. The number of nitrogens with zero attached hydrogens (tertiary/aromatic N) is 1. The lowest BCUT2D eigenvalue weighted by Crippen LogP contribution is -2.25. The Kier molecular flexibility index (Phi) is 3.83. The summed E-state index contributed by atoms with van der Waals surface area (Å²) in [5.41, 5.74) is 9.44. The summed E-state index contributed by atoms with van der Waals surface area (Å²) in [5, 5.41) is 5.36. The third-order valence-electron chi connectivity index (χ3n) is 5.31. The maximum atomic E-state index is 12.3. The summed E-state index contributed by atoms with van der Waals surface area (Å²) in [6, 6.07) is 14.4. The third kappa shape index (κ3) is 3.04. The standard InChI is InChI=1S/C22H21N3O2/c23-12-17-11-19-18-5-1-14(9-13(18)2-6-21(19)27-17)20-10-15(7-8-24-20)22(26)25-16-3-4-16/h1-2,5-10,16-17H,3-4,11-12,23H2,(H,25,26)/t17-/m1/s1. The highest BCUT2D eigenvalue weighted by Gasteiger charge is 2.25. The van der Waals surface area contributed by atoms with Gasteiger partial charge in [-0.15, -0.1) is 0 Å². The number of rotatable bonds is 4. The van der Waals surface area contributed by atoms with Crippen molar-refractivity contribution in [3.63, 3.8) is 0 Å². The van der Waals surface area contributed by atoms with Crippen molar-refractivity contribution < 1.29 is 9.53 Å². The molecule has 27 heavy (non-hydrogen) atoms. The predicted molar refractivity (Wildman–Crippen MR) is 105 cm³/mol. The summed E-state index contributed by atoms with van der Waals surface area (Å²) < 4.78 is 5.88. The van der Waals surface area contributed by atoms with E-state index in [1.165, 1.54) is 10.9 Å². The van der Waals surface area contributed by atoms with Gasteiger partial charge in [0.2, 0.25) is 0 Å². The Balaban J connectivity index is 1.49. The molecule has 0 spiro atoms. The molecule has 1 amide bonds. The number of carbonyl (C=O) groups is 1. The second-order valence-corrected chi connectivity index (χ2v) is 7.34. The van der Waals surface area contributed by atoms with Crippen molar-refractivity contribution in [2.24, 2.45) is 5.73 Å². The Morgan fingerprint density at radius 3 is 2.89 bits per heavy atom. The highest BCUT2D eigenvalue weighted by atomic mass is 16.5. The number of ether oxygens (including phenoxy) is 1. The third-order valence-corrected chi connectivity index (χ3v) is 5.31. The molecule has 1 fully saturated rings. The van der Waals surface area contributed by atoms with Crippen LogP contribution in [0.4, 0.5) is 0 Å². The molecule has 1 saturated carbocycles. The van der Waals surface area contributed by atoms with Gasteiger partial charge >= 0.3 is 0 Å². The van der Waals surface area contributed by atoms with Gasteiger partial charge in [0, 0.05) is 41.9 Å². The smallest absolute Gasteiger partial charge is 0.251 e. The number of carbonyl (C=O) groups excluding carboxylic acids is 1.